The van der Waals surface area contributed by atoms with Crippen molar-refractivity contribution in [1.82, 2.24) is 0 Å². The van der Waals surface area contributed by atoms with Crippen molar-refractivity contribution in [2.75, 3.05) is 47.5 Å². The standard InChI is InChI=1S/C84H151NO8/c1-6-8-10-12-14-16-18-20-22-24-26-28-30-32-34-36-37-38-39-40-41-42-43-44-45-47-48-50-52-54-56-58-60-62-64-66-68-70-72-74-81(86)91-78-80(79-92-84(83(88)89)90-77-76-85(3,4)5)93-82(87)75-73-71-69-67-65-63-61-59-57-55-53-51-49-46-35-33-31-29-27-25-23-21-19-17-15-13-11-9-7-2/h9,11,15,17-18,20-21,23-24,26-27,29,33,35,80,84H,6-8,10,12-14,16,19,22,25,28,30-32,34,36-79H2,1-5H3/p+1/b11-9-,17-15-,20-18-,23-21-,26-24-,29-27-,35-33-. The molecule has 0 spiro atoms. The monoisotopic (exact) mass is 1300 g/mol. The molecule has 540 valence electrons. The van der Waals surface area contributed by atoms with E-state index < -0.39 is 24.3 Å². The van der Waals surface area contributed by atoms with Crippen LogP contribution < -0.4 is 0 Å². The Labute approximate surface area is 576 Å². The molecule has 0 aromatic rings. The lowest BCUT2D eigenvalue weighted by Crippen LogP contribution is -2.40. The molecule has 0 heterocycles. The number of unbranched alkanes of at least 4 members (excludes halogenated alkanes) is 45. The zero-order chi connectivity index (χ0) is 67.5. The highest BCUT2D eigenvalue weighted by molar-refractivity contribution is 5.71. The fraction of sp³-hybridized carbons (Fsp3) is 0.798. The van der Waals surface area contributed by atoms with Gasteiger partial charge in [0.15, 0.2) is 6.10 Å². The minimum absolute atomic E-state index is 0.181. The normalized spacial score (nSPS) is 13.1. The molecular formula is C84H152NO8+. The number of rotatable bonds is 74. The number of esters is 2. The minimum atomic E-state index is -1.51. The summed E-state index contributed by atoms with van der Waals surface area (Å²) in [5.41, 5.74) is 0. The third-order valence-corrected chi connectivity index (χ3v) is 17.6. The summed E-state index contributed by atoms with van der Waals surface area (Å²) < 4.78 is 23.0. The molecule has 0 saturated heterocycles. The molecule has 0 amide bonds. The minimum Gasteiger partial charge on any atom is -0.477 e. The Morgan fingerprint density at radius 3 is 0.914 bits per heavy atom. The fourth-order valence-corrected chi connectivity index (χ4v) is 11.6. The van der Waals surface area contributed by atoms with Gasteiger partial charge >= 0.3 is 17.9 Å². The molecule has 2 atom stereocenters. The molecule has 0 aliphatic heterocycles. The lowest BCUT2D eigenvalue weighted by atomic mass is 10.0. The van der Waals surface area contributed by atoms with E-state index in [1.165, 1.54) is 270 Å². The van der Waals surface area contributed by atoms with Gasteiger partial charge in [-0.05, 0) is 89.9 Å². The molecule has 0 aromatic heterocycles. The van der Waals surface area contributed by atoms with Crippen LogP contribution in [0.15, 0.2) is 85.1 Å². The maximum Gasteiger partial charge on any atom is 0.361 e. The van der Waals surface area contributed by atoms with Crippen molar-refractivity contribution in [3.05, 3.63) is 85.1 Å². The fourth-order valence-electron chi connectivity index (χ4n) is 11.6. The quantitative estimate of drug-likeness (QED) is 0.0211. The number of ether oxygens (including phenoxy) is 4. The van der Waals surface area contributed by atoms with Gasteiger partial charge in [0.05, 0.1) is 34.4 Å². The molecule has 0 rings (SSSR count). The van der Waals surface area contributed by atoms with Gasteiger partial charge < -0.3 is 28.5 Å². The van der Waals surface area contributed by atoms with Crippen LogP contribution in [-0.4, -0.2) is 87.4 Å². The van der Waals surface area contributed by atoms with Crippen LogP contribution in [0.4, 0.5) is 0 Å². The average Bonchev–Trinajstić information content (AvgIpc) is 3.74. The summed E-state index contributed by atoms with van der Waals surface area (Å²) in [6, 6.07) is 0. The Morgan fingerprint density at radius 2 is 0.613 bits per heavy atom. The van der Waals surface area contributed by atoms with Crippen LogP contribution in [0.5, 0.6) is 0 Å². The molecule has 0 bridgehead atoms. The lowest BCUT2D eigenvalue weighted by Gasteiger charge is -2.25. The van der Waals surface area contributed by atoms with Crippen molar-refractivity contribution in [1.29, 1.82) is 0 Å². The molecule has 0 aliphatic carbocycles. The molecular weight excluding hydrogens is 1150 g/mol. The number of quaternary nitrogens is 1. The molecule has 0 aromatic carbocycles. The highest BCUT2D eigenvalue weighted by atomic mass is 16.7. The molecule has 1 N–H and O–H groups in total. The highest BCUT2D eigenvalue weighted by Crippen LogP contribution is 2.19. The molecule has 2 unspecified atom stereocenters. The summed E-state index contributed by atoms with van der Waals surface area (Å²) in [6.45, 7) is 4.80. The zero-order valence-corrected chi connectivity index (χ0v) is 61.9. The van der Waals surface area contributed by atoms with Crippen LogP contribution in [0.1, 0.15) is 373 Å². The van der Waals surface area contributed by atoms with E-state index in [0.717, 1.165) is 77.0 Å². The predicted molar refractivity (Wildman–Crippen MR) is 401 cm³/mol. The number of carbonyl (C=O) groups excluding carboxylic acids is 2. The highest BCUT2D eigenvalue weighted by Gasteiger charge is 2.25. The van der Waals surface area contributed by atoms with Crippen LogP contribution >= 0.6 is 0 Å². The van der Waals surface area contributed by atoms with Crippen LogP contribution in [0, 0.1) is 0 Å². The van der Waals surface area contributed by atoms with Crippen molar-refractivity contribution in [2.24, 2.45) is 0 Å². The molecule has 0 fully saturated rings. The summed E-state index contributed by atoms with van der Waals surface area (Å²) in [4.78, 5) is 37.7. The Morgan fingerprint density at radius 1 is 0.333 bits per heavy atom. The number of allylic oxidation sites excluding steroid dienone is 14. The van der Waals surface area contributed by atoms with Crippen molar-refractivity contribution in [3.63, 3.8) is 0 Å². The topological polar surface area (TPSA) is 108 Å². The number of carbonyl (C=O) groups is 3. The third-order valence-electron chi connectivity index (χ3n) is 17.6. The summed E-state index contributed by atoms with van der Waals surface area (Å²) in [6.07, 6.45) is 98.8. The smallest absolute Gasteiger partial charge is 0.361 e. The average molecular weight is 1300 g/mol. The van der Waals surface area contributed by atoms with Gasteiger partial charge in [0.1, 0.15) is 13.2 Å². The van der Waals surface area contributed by atoms with E-state index >= 15 is 0 Å². The van der Waals surface area contributed by atoms with E-state index in [9.17, 15) is 19.5 Å². The van der Waals surface area contributed by atoms with E-state index in [4.69, 9.17) is 18.9 Å². The Kier molecular flexibility index (Phi) is 71.4. The molecule has 93 heavy (non-hydrogen) atoms. The summed E-state index contributed by atoms with van der Waals surface area (Å²) in [7, 11) is 5.99. The maximum atomic E-state index is 13.0. The van der Waals surface area contributed by atoms with Crippen LogP contribution in [-0.2, 0) is 33.3 Å². The number of carboxylic acids is 1. The predicted octanol–water partition coefficient (Wildman–Crippen LogP) is 25.4. The molecule has 9 heteroatoms. The first kappa shape index (κ1) is 89.5. The van der Waals surface area contributed by atoms with E-state index in [0.29, 0.717) is 17.4 Å². The maximum absolute atomic E-state index is 13.0. The molecule has 9 nitrogen and oxygen atoms in total. The Bertz CT molecular complexity index is 1810. The first-order valence-electron chi connectivity index (χ1n) is 39.8. The van der Waals surface area contributed by atoms with Gasteiger partial charge in [-0.15, -0.1) is 0 Å². The lowest BCUT2D eigenvalue weighted by molar-refractivity contribution is -0.870. The number of nitrogens with zero attached hydrogens (tertiary/aromatic N) is 1. The summed E-state index contributed by atoms with van der Waals surface area (Å²) in [5, 5.41) is 9.77. The van der Waals surface area contributed by atoms with E-state index in [1.54, 1.807) is 0 Å². The Balaban J connectivity index is 3.98. The number of carboxylic acid groups (broad SMARTS) is 1. The van der Waals surface area contributed by atoms with Gasteiger partial charge in [-0.3, -0.25) is 9.59 Å². The van der Waals surface area contributed by atoms with Crippen molar-refractivity contribution >= 4 is 17.9 Å². The summed E-state index contributed by atoms with van der Waals surface area (Å²) >= 11 is 0. The van der Waals surface area contributed by atoms with E-state index in [-0.39, 0.29) is 32.2 Å². The molecule has 0 aliphatic rings. The van der Waals surface area contributed by atoms with Crippen LogP contribution in [0.3, 0.4) is 0 Å². The van der Waals surface area contributed by atoms with Gasteiger partial charge in [0.2, 0.25) is 0 Å². The second-order valence-corrected chi connectivity index (χ2v) is 28.0. The number of aliphatic carboxylic acids is 1. The zero-order valence-electron chi connectivity index (χ0n) is 61.9. The van der Waals surface area contributed by atoms with Crippen molar-refractivity contribution < 1.29 is 42.9 Å². The van der Waals surface area contributed by atoms with Gasteiger partial charge in [-0.2, -0.15) is 0 Å². The first-order chi connectivity index (χ1) is 45.6. The number of likely N-dealkylation sites (N-methyl/N-ethyl adjacent to an activating group) is 1. The molecule has 0 saturated carbocycles. The first-order valence-corrected chi connectivity index (χ1v) is 39.8. The number of hydrogen-bond donors (Lipinski definition) is 1. The second kappa shape index (κ2) is 74.3. The van der Waals surface area contributed by atoms with Crippen LogP contribution in [0.2, 0.25) is 0 Å². The third kappa shape index (κ3) is 75.7. The van der Waals surface area contributed by atoms with Crippen molar-refractivity contribution in [3.8, 4) is 0 Å². The SMILES string of the molecule is CC/C=C\C/C=C\C/C=C\C/C=C\C/C=C\CCCCCCCCCCCCCCCC(=O)OC(COC(=O)CCCCCCCCCCCCCCCCCCCCCCCCCCCCC/C=C\C/C=C\CCCCCCC)COC(OCC[N+](C)(C)C)C(=O)O. The van der Waals surface area contributed by atoms with E-state index in [1.807, 2.05) is 21.1 Å². The van der Waals surface area contributed by atoms with Gasteiger partial charge in [-0.1, -0.05) is 356 Å². The van der Waals surface area contributed by atoms with Gasteiger partial charge in [-0.25, -0.2) is 4.79 Å². The van der Waals surface area contributed by atoms with Gasteiger partial charge in [0.25, 0.3) is 6.29 Å². The molecule has 0 radical (unpaired) electrons. The van der Waals surface area contributed by atoms with E-state index in [2.05, 4.69) is 98.9 Å². The Hall–Kier alpha value is -3.53. The van der Waals surface area contributed by atoms with Gasteiger partial charge in [0, 0.05) is 12.8 Å². The largest absolute Gasteiger partial charge is 0.477 e. The van der Waals surface area contributed by atoms with Crippen LogP contribution in [0.25, 0.3) is 0 Å². The second-order valence-electron chi connectivity index (χ2n) is 28.0. The number of hydrogen-bond acceptors (Lipinski definition) is 7. The summed E-state index contributed by atoms with van der Waals surface area (Å²) in [5.74, 6) is -1.99. The van der Waals surface area contributed by atoms with Crippen molar-refractivity contribution in [2.45, 2.75) is 386 Å².